The lowest BCUT2D eigenvalue weighted by Crippen LogP contribution is -2.09. The van der Waals surface area contributed by atoms with Gasteiger partial charge in [-0.2, -0.15) is 0 Å². The molecule has 1 aromatic carbocycles. The van der Waals surface area contributed by atoms with Crippen LogP contribution in [0.1, 0.15) is 18.9 Å². The van der Waals surface area contributed by atoms with Crippen LogP contribution >= 0.6 is 0 Å². The van der Waals surface area contributed by atoms with E-state index in [0.29, 0.717) is 18.6 Å². The molecular formula is C14H18O3. The molecule has 0 aliphatic heterocycles. The van der Waals surface area contributed by atoms with Crippen molar-refractivity contribution in [1.29, 1.82) is 0 Å². The summed E-state index contributed by atoms with van der Waals surface area (Å²) < 4.78 is 10.1. The lowest BCUT2D eigenvalue weighted by molar-refractivity contribution is -0.139. The summed E-state index contributed by atoms with van der Waals surface area (Å²) in [7, 11) is 1.62. The van der Waals surface area contributed by atoms with Gasteiger partial charge in [-0.15, -0.1) is 0 Å². The van der Waals surface area contributed by atoms with Crippen molar-refractivity contribution in [2.24, 2.45) is 0 Å². The number of hydrogen-bond donors (Lipinski definition) is 0. The molecule has 0 aliphatic carbocycles. The van der Waals surface area contributed by atoms with Gasteiger partial charge in [-0.25, -0.2) is 4.79 Å². The maximum Gasteiger partial charge on any atom is 0.333 e. The first-order valence-electron chi connectivity index (χ1n) is 5.65. The molecule has 1 rings (SSSR count). The van der Waals surface area contributed by atoms with Gasteiger partial charge in [0, 0.05) is 12.0 Å². The van der Waals surface area contributed by atoms with E-state index in [1.54, 1.807) is 7.11 Å². The Balaban J connectivity index is 2.52. The van der Waals surface area contributed by atoms with Gasteiger partial charge >= 0.3 is 5.97 Å². The SMILES string of the molecule is C=C(Cc1ccc(OC)cc1)C(=O)OCCC. The largest absolute Gasteiger partial charge is 0.497 e. The molecule has 0 saturated carbocycles. The number of benzene rings is 1. The highest BCUT2D eigenvalue weighted by Gasteiger charge is 2.08. The summed E-state index contributed by atoms with van der Waals surface area (Å²) in [6, 6.07) is 7.55. The van der Waals surface area contributed by atoms with Gasteiger partial charge in [0.1, 0.15) is 5.75 Å². The molecule has 0 heterocycles. The molecule has 0 saturated heterocycles. The van der Waals surface area contributed by atoms with E-state index in [1.807, 2.05) is 31.2 Å². The second-order valence-corrected chi connectivity index (χ2v) is 3.76. The molecule has 0 fully saturated rings. The smallest absolute Gasteiger partial charge is 0.333 e. The van der Waals surface area contributed by atoms with Crippen LogP contribution in [0.3, 0.4) is 0 Å². The van der Waals surface area contributed by atoms with Gasteiger partial charge in [0.15, 0.2) is 0 Å². The lowest BCUT2D eigenvalue weighted by atomic mass is 10.1. The normalized spacial score (nSPS) is 9.76. The zero-order valence-corrected chi connectivity index (χ0v) is 10.4. The summed E-state index contributed by atoms with van der Waals surface area (Å²) in [6.45, 7) is 6.14. The summed E-state index contributed by atoms with van der Waals surface area (Å²) >= 11 is 0. The molecule has 0 aliphatic rings. The predicted molar refractivity (Wildman–Crippen MR) is 67.1 cm³/mol. The Labute approximate surface area is 102 Å². The number of methoxy groups -OCH3 is 1. The Bertz CT molecular complexity index is 379. The van der Waals surface area contributed by atoms with Crippen LogP contribution in [-0.4, -0.2) is 19.7 Å². The molecule has 0 amide bonds. The first kappa shape index (κ1) is 13.3. The van der Waals surface area contributed by atoms with Crippen molar-refractivity contribution in [2.75, 3.05) is 13.7 Å². The summed E-state index contributed by atoms with van der Waals surface area (Å²) in [5.74, 6) is 0.482. The van der Waals surface area contributed by atoms with Crippen molar-refractivity contribution in [1.82, 2.24) is 0 Å². The minimum atomic E-state index is -0.317. The summed E-state index contributed by atoms with van der Waals surface area (Å²) in [6.07, 6.45) is 1.33. The van der Waals surface area contributed by atoms with E-state index in [-0.39, 0.29) is 5.97 Å². The van der Waals surface area contributed by atoms with E-state index in [1.165, 1.54) is 0 Å². The van der Waals surface area contributed by atoms with Crippen molar-refractivity contribution in [2.45, 2.75) is 19.8 Å². The van der Waals surface area contributed by atoms with E-state index in [0.717, 1.165) is 17.7 Å². The average molecular weight is 234 g/mol. The Morgan fingerprint density at radius 1 is 1.29 bits per heavy atom. The van der Waals surface area contributed by atoms with Gasteiger partial charge in [-0.3, -0.25) is 0 Å². The maximum atomic E-state index is 11.5. The number of carbonyl (C=O) groups excluding carboxylic acids is 1. The Kier molecular flexibility index (Phi) is 5.27. The van der Waals surface area contributed by atoms with Crippen molar-refractivity contribution in [3.63, 3.8) is 0 Å². The highest BCUT2D eigenvalue weighted by atomic mass is 16.5. The minimum Gasteiger partial charge on any atom is -0.497 e. The van der Waals surface area contributed by atoms with E-state index in [9.17, 15) is 4.79 Å². The summed E-state index contributed by atoms with van der Waals surface area (Å²) in [5.41, 5.74) is 1.49. The first-order valence-corrected chi connectivity index (χ1v) is 5.65. The summed E-state index contributed by atoms with van der Waals surface area (Å²) in [4.78, 5) is 11.5. The molecule has 1 aromatic rings. The molecule has 0 N–H and O–H groups in total. The van der Waals surface area contributed by atoms with Gasteiger partial charge in [0.2, 0.25) is 0 Å². The number of rotatable bonds is 6. The zero-order valence-electron chi connectivity index (χ0n) is 10.4. The fourth-order valence-corrected chi connectivity index (χ4v) is 1.36. The molecule has 0 bridgehead atoms. The molecule has 17 heavy (non-hydrogen) atoms. The molecule has 3 nitrogen and oxygen atoms in total. The standard InChI is InChI=1S/C14H18O3/c1-4-9-17-14(15)11(2)10-12-5-7-13(16-3)8-6-12/h5-8H,2,4,9-10H2,1,3H3. The highest BCUT2D eigenvalue weighted by molar-refractivity contribution is 5.88. The Morgan fingerprint density at radius 2 is 1.94 bits per heavy atom. The van der Waals surface area contributed by atoms with Gasteiger partial charge in [-0.05, 0) is 24.1 Å². The van der Waals surface area contributed by atoms with Crippen molar-refractivity contribution in [3.8, 4) is 5.75 Å². The van der Waals surface area contributed by atoms with E-state index >= 15 is 0 Å². The maximum absolute atomic E-state index is 11.5. The van der Waals surface area contributed by atoms with Crippen LogP contribution in [0.15, 0.2) is 36.4 Å². The Hall–Kier alpha value is -1.77. The molecule has 92 valence electrons. The van der Waals surface area contributed by atoms with Crippen molar-refractivity contribution >= 4 is 5.97 Å². The average Bonchev–Trinajstić information content (AvgIpc) is 2.36. The van der Waals surface area contributed by atoms with Crippen molar-refractivity contribution in [3.05, 3.63) is 42.0 Å². The van der Waals surface area contributed by atoms with E-state index < -0.39 is 0 Å². The van der Waals surface area contributed by atoms with Crippen LogP contribution in [0.25, 0.3) is 0 Å². The zero-order chi connectivity index (χ0) is 12.7. The molecule has 0 unspecified atom stereocenters. The van der Waals surface area contributed by atoms with E-state index in [2.05, 4.69) is 6.58 Å². The molecule has 0 spiro atoms. The number of carbonyl (C=O) groups is 1. The quantitative estimate of drug-likeness (QED) is 0.561. The monoisotopic (exact) mass is 234 g/mol. The Morgan fingerprint density at radius 3 is 2.47 bits per heavy atom. The van der Waals surface area contributed by atoms with Crippen LogP contribution < -0.4 is 4.74 Å². The van der Waals surface area contributed by atoms with Gasteiger partial charge in [0.05, 0.1) is 13.7 Å². The van der Waals surface area contributed by atoms with Gasteiger partial charge in [-0.1, -0.05) is 25.6 Å². The molecule has 3 heteroatoms. The van der Waals surface area contributed by atoms with Gasteiger partial charge in [0.25, 0.3) is 0 Å². The number of esters is 1. The molecular weight excluding hydrogens is 216 g/mol. The third-order valence-electron chi connectivity index (χ3n) is 2.30. The van der Waals surface area contributed by atoms with Crippen LogP contribution in [-0.2, 0) is 16.0 Å². The second-order valence-electron chi connectivity index (χ2n) is 3.76. The highest BCUT2D eigenvalue weighted by Crippen LogP contribution is 2.14. The minimum absolute atomic E-state index is 0.317. The molecule has 0 atom stereocenters. The fourth-order valence-electron chi connectivity index (χ4n) is 1.36. The lowest BCUT2D eigenvalue weighted by Gasteiger charge is -2.07. The number of hydrogen-bond acceptors (Lipinski definition) is 3. The van der Waals surface area contributed by atoms with E-state index in [4.69, 9.17) is 9.47 Å². The second kappa shape index (κ2) is 6.74. The first-order chi connectivity index (χ1) is 8.17. The summed E-state index contributed by atoms with van der Waals surface area (Å²) in [5, 5.41) is 0. The third-order valence-corrected chi connectivity index (χ3v) is 2.30. The topological polar surface area (TPSA) is 35.5 Å². The van der Waals surface area contributed by atoms with Crippen molar-refractivity contribution < 1.29 is 14.3 Å². The van der Waals surface area contributed by atoms with Crippen LogP contribution in [0.2, 0.25) is 0 Å². The molecule has 0 radical (unpaired) electrons. The van der Waals surface area contributed by atoms with Crippen LogP contribution in [0, 0.1) is 0 Å². The predicted octanol–water partition coefficient (Wildman–Crippen LogP) is 2.75. The number of ether oxygens (including phenoxy) is 2. The third kappa shape index (κ3) is 4.31. The molecule has 0 aromatic heterocycles. The van der Waals surface area contributed by atoms with Crippen LogP contribution in [0.5, 0.6) is 5.75 Å². The van der Waals surface area contributed by atoms with Gasteiger partial charge < -0.3 is 9.47 Å². The fraction of sp³-hybridized carbons (Fsp3) is 0.357. The van der Waals surface area contributed by atoms with Crippen LogP contribution in [0.4, 0.5) is 0 Å².